The molecule has 0 saturated carbocycles. The predicted octanol–water partition coefficient (Wildman–Crippen LogP) is 0.373. The molecule has 14 heavy (non-hydrogen) atoms. The Hall–Kier alpha value is -1.32. The van der Waals surface area contributed by atoms with Crippen LogP contribution >= 0.6 is 0 Å². The van der Waals surface area contributed by atoms with Crippen LogP contribution in [0.2, 0.25) is 0 Å². The summed E-state index contributed by atoms with van der Waals surface area (Å²) in [6.45, 7) is 8.29. The van der Waals surface area contributed by atoms with Gasteiger partial charge in [0.2, 0.25) is 0 Å². The summed E-state index contributed by atoms with van der Waals surface area (Å²) >= 11 is 0. The molecule has 1 rings (SSSR count). The van der Waals surface area contributed by atoms with Crippen molar-refractivity contribution in [1.29, 1.82) is 0 Å². The topological polar surface area (TPSA) is 59.8 Å². The third kappa shape index (κ3) is 3.60. The average molecular weight is 198 g/mol. The maximum atomic E-state index is 8.25. The maximum absolute atomic E-state index is 8.25. The van der Waals surface area contributed by atoms with Crippen LogP contribution in [0.3, 0.4) is 0 Å². The van der Waals surface area contributed by atoms with E-state index in [2.05, 4.69) is 43.4 Å². The van der Waals surface area contributed by atoms with Crippen molar-refractivity contribution in [1.82, 2.24) is 4.98 Å². The van der Waals surface area contributed by atoms with Crippen LogP contribution in [0, 0.1) is 0 Å². The van der Waals surface area contributed by atoms with Gasteiger partial charge in [0.15, 0.2) is 0 Å². The molecule has 0 radical (unpaired) electrons. The first-order valence-electron chi connectivity index (χ1n) is 4.68. The summed E-state index contributed by atoms with van der Waals surface area (Å²) in [6, 6.07) is 0.554. The Labute approximate surface area is 84.6 Å². The molecule has 80 valence electrons. The van der Waals surface area contributed by atoms with Crippen LogP contribution in [-0.4, -0.2) is 11.5 Å². The van der Waals surface area contributed by atoms with Gasteiger partial charge in [-0.3, -0.25) is 0 Å². The number of aromatic amines is 1. The van der Waals surface area contributed by atoms with Crippen LogP contribution in [0.15, 0.2) is 12.4 Å². The number of nitrogens with zero attached hydrogens (tertiary/aromatic N) is 1. The van der Waals surface area contributed by atoms with Gasteiger partial charge >= 0.3 is 0 Å². The van der Waals surface area contributed by atoms with Gasteiger partial charge in [-0.2, -0.15) is 0 Å². The first kappa shape index (κ1) is 12.7. The van der Waals surface area contributed by atoms with Crippen molar-refractivity contribution in [2.24, 2.45) is 0 Å². The minimum absolute atomic E-state index is 0.500. The Morgan fingerprint density at radius 2 is 1.93 bits per heavy atom. The first-order valence-corrected chi connectivity index (χ1v) is 4.68. The number of nitrogens with one attached hydrogen (secondary N) is 1. The highest BCUT2D eigenvalue weighted by atomic mass is 16.3. The van der Waals surface area contributed by atoms with Gasteiger partial charge in [-0.15, -0.1) is 0 Å². The number of carboxylic acid groups (broad SMARTS) is 1. The lowest BCUT2D eigenvalue weighted by atomic mass is 10.2. The lowest BCUT2D eigenvalue weighted by Crippen LogP contribution is -2.38. The van der Waals surface area contributed by atoms with Crippen LogP contribution in [0.5, 0.6) is 0 Å². The van der Waals surface area contributed by atoms with Crippen molar-refractivity contribution in [3.8, 4) is 0 Å². The molecule has 1 N–H and O–H groups in total. The van der Waals surface area contributed by atoms with E-state index in [0.717, 1.165) is 0 Å². The van der Waals surface area contributed by atoms with Gasteiger partial charge in [0.25, 0.3) is 5.82 Å². The van der Waals surface area contributed by atoms with Gasteiger partial charge in [0, 0.05) is 6.47 Å². The van der Waals surface area contributed by atoms with E-state index in [0.29, 0.717) is 12.0 Å². The Morgan fingerprint density at radius 3 is 2.21 bits per heavy atom. The number of imidazole rings is 1. The number of hydrogen-bond donors (Lipinski definition) is 1. The van der Waals surface area contributed by atoms with E-state index in [4.69, 9.17) is 9.90 Å². The molecule has 0 atom stereocenters. The van der Waals surface area contributed by atoms with Crippen LogP contribution in [0.1, 0.15) is 45.5 Å². The molecular weight excluding hydrogens is 180 g/mol. The summed E-state index contributed by atoms with van der Waals surface area (Å²) < 4.78 is 2.27. The van der Waals surface area contributed by atoms with E-state index < -0.39 is 6.47 Å². The second-order valence-corrected chi connectivity index (χ2v) is 3.60. The summed E-state index contributed by atoms with van der Waals surface area (Å²) in [7, 11) is 0. The fourth-order valence-electron chi connectivity index (χ4n) is 1.27. The molecule has 0 bridgehead atoms. The monoisotopic (exact) mass is 198 g/mol. The summed E-state index contributed by atoms with van der Waals surface area (Å²) in [5, 5.41) is 8.25. The Balaban J connectivity index is 0.000000500. The number of carbonyl (C=O) groups is 1. The van der Waals surface area contributed by atoms with Crippen molar-refractivity contribution in [3.63, 3.8) is 0 Å². The summed E-state index contributed by atoms with van der Waals surface area (Å²) in [5.41, 5.74) is 0. The van der Waals surface area contributed by atoms with E-state index in [9.17, 15) is 0 Å². The second-order valence-electron chi connectivity index (χ2n) is 3.60. The molecule has 0 fully saturated rings. The van der Waals surface area contributed by atoms with Gasteiger partial charge in [-0.25, -0.2) is 9.55 Å². The van der Waals surface area contributed by atoms with Crippen molar-refractivity contribution in [3.05, 3.63) is 18.2 Å². The zero-order chi connectivity index (χ0) is 11.1. The first-order chi connectivity index (χ1) is 6.54. The third-order valence-electron chi connectivity index (χ3n) is 1.85. The Bertz CT molecular complexity index is 244. The fraction of sp³-hybridized carbons (Fsp3) is 0.600. The highest BCUT2D eigenvalue weighted by Gasteiger charge is 2.15. The van der Waals surface area contributed by atoms with Gasteiger partial charge in [0.05, 0.1) is 12.0 Å². The molecule has 0 aromatic carbocycles. The lowest BCUT2D eigenvalue weighted by Gasteiger charge is -2.05. The zero-order valence-corrected chi connectivity index (χ0v) is 9.15. The van der Waals surface area contributed by atoms with E-state index >= 15 is 0 Å². The molecule has 1 aromatic rings. The quantitative estimate of drug-likeness (QED) is 0.551. The van der Waals surface area contributed by atoms with Gasteiger partial charge in [-0.05, 0) is 13.8 Å². The SMILES string of the molecule is CC(C)c1[nH]cc[n+]1C(C)C.O=C[O-]. The largest absolute Gasteiger partial charge is 0.554 e. The predicted molar refractivity (Wildman–Crippen MR) is 51.5 cm³/mol. The highest BCUT2D eigenvalue weighted by Crippen LogP contribution is 2.07. The minimum atomic E-state index is -0.500. The van der Waals surface area contributed by atoms with E-state index in [1.165, 1.54) is 5.82 Å². The number of carbonyl (C=O) groups excluding carboxylic acids is 1. The Kier molecular flexibility index (Phi) is 5.60. The molecule has 0 saturated heterocycles. The smallest absolute Gasteiger partial charge is 0.256 e. The summed E-state index contributed by atoms with van der Waals surface area (Å²) in [4.78, 5) is 11.5. The molecule has 0 unspecified atom stereocenters. The summed E-state index contributed by atoms with van der Waals surface area (Å²) in [6.07, 6.45) is 4.09. The highest BCUT2D eigenvalue weighted by molar-refractivity contribution is 5.29. The molecule has 0 aliphatic carbocycles. The molecule has 0 spiro atoms. The van der Waals surface area contributed by atoms with Crippen LogP contribution in [0.25, 0.3) is 0 Å². The fourth-order valence-corrected chi connectivity index (χ4v) is 1.27. The average Bonchev–Trinajstić information content (AvgIpc) is 2.52. The van der Waals surface area contributed by atoms with Crippen molar-refractivity contribution < 1.29 is 14.5 Å². The number of rotatable bonds is 2. The molecule has 0 aliphatic heterocycles. The lowest BCUT2D eigenvalue weighted by molar-refractivity contribution is -0.722. The Morgan fingerprint density at radius 1 is 1.43 bits per heavy atom. The van der Waals surface area contributed by atoms with Crippen molar-refractivity contribution >= 4 is 6.47 Å². The van der Waals surface area contributed by atoms with E-state index in [1.54, 1.807) is 0 Å². The van der Waals surface area contributed by atoms with Gasteiger partial charge < -0.3 is 9.90 Å². The van der Waals surface area contributed by atoms with Gasteiger partial charge in [-0.1, -0.05) is 13.8 Å². The zero-order valence-electron chi connectivity index (χ0n) is 9.15. The van der Waals surface area contributed by atoms with Crippen molar-refractivity contribution in [2.75, 3.05) is 0 Å². The molecule has 0 aliphatic rings. The normalized spacial score (nSPS) is 9.86. The molecule has 1 aromatic heterocycles. The van der Waals surface area contributed by atoms with E-state index in [1.807, 2.05) is 6.20 Å². The maximum Gasteiger partial charge on any atom is 0.256 e. The van der Waals surface area contributed by atoms with Crippen LogP contribution in [-0.2, 0) is 4.79 Å². The molecule has 4 nitrogen and oxygen atoms in total. The van der Waals surface area contributed by atoms with E-state index in [-0.39, 0.29) is 0 Å². The molecule has 1 heterocycles. The van der Waals surface area contributed by atoms with Crippen LogP contribution in [0.4, 0.5) is 0 Å². The second kappa shape index (κ2) is 6.18. The molecular formula is C10H18N2O2. The van der Waals surface area contributed by atoms with Gasteiger partial charge in [0.1, 0.15) is 12.4 Å². The summed E-state index contributed by atoms with van der Waals surface area (Å²) in [5.74, 6) is 1.88. The van der Waals surface area contributed by atoms with Crippen molar-refractivity contribution in [2.45, 2.75) is 39.7 Å². The molecule has 0 amide bonds. The van der Waals surface area contributed by atoms with Crippen LogP contribution < -0.4 is 9.67 Å². The number of hydrogen-bond acceptors (Lipinski definition) is 2. The third-order valence-corrected chi connectivity index (χ3v) is 1.85. The molecule has 4 heteroatoms. The minimum Gasteiger partial charge on any atom is -0.554 e. The standard InChI is InChI=1S/C9H16N2.CH2O2/c1-7(2)9-10-5-6-11(9)8(3)4;2-1-3/h5-8H,1-4H3;1H,(H,2,3). The number of aromatic nitrogens is 2. The number of H-pyrrole nitrogens is 1.